The number of rotatable bonds is 7. The number of amides is 1. The first-order chi connectivity index (χ1) is 18.6. The summed E-state index contributed by atoms with van der Waals surface area (Å²) in [5.41, 5.74) is 4.75. The van der Waals surface area contributed by atoms with E-state index in [2.05, 4.69) is 46.6 Å². The molecule has 1 saturated heterocycles. The third-order valence-corrected chi connectivity index (χ3v) is 7.90. The molecule has 1 unspecified atom stereocenters. The standard InChI is InChI=1S/C24H26ClN3O.C4H6O6/c1-28-14-15(9-10-26-24(29)18-5-2-3-7-20(18)25)11-19-17-6-4-8-21-23(17)16(13-27-21)12-22(19)28;5-1(3(7)8)2(6)4(9)10/h2-8,13,15,19,22,27H,9-12,14H2,1H3,(H,26,29);1-2,5-6H,(H,7,8)(H,9,10)/t15-,19?,22-;1-,2-/m11/s1. The Balaban J connectivity index is 0.000000303. The summed E-state index contributed by atoms with van der Waals surface area (Å²) in [5.74, 6) is -2.49. The van der Waals surface area contributed by atoms with E-state index in [4.69, 9.17) is 32.0 Å². The number of carboxylic acid groups (broad SMARTS) is 2. The molecule has 0 radical (unpaired) electrons. The van der Waals surface area contributed by atoms with Gasteiger partial charge in [-0.15, -0.1) is 0 Å². The Kier molecular flexibility index (Phi) is 8.91. The maximum Gasteiger partial charge on any atom is 0.335 e. The number of carbonyl (C=O) groups excluding carboxylic acids is 1. The number of benzene rings is 2. The van der Waals surface area contributed by atoms with E-state index in [0.29, 0.717) is 35.0 Å². The zero-order valence-electron chi connectivity index (χ0n) is 21.4. The number of nitrogens with zero attached hydrogens (tertiary/aromatic N) is 1. The lowest BCUT2D eigenvalue weighted by atomic mass is 9.72. The number of aromatic nitrogens is 1. The third kappa shape index (κ3) is 6.25. The summed E-state index contributed by atoms with van der Waals surface area (Å²) in [6, 6.07) is 14.4. The van der Waals surface area contributed by atoms with Crippen molar-refractivity contribution in [3.05, 3.63) is 70.4 Å². The number of likely N-dealkylation sites (N-methyl/N-ethyl adjacent to an activating group) is 1. The fraction of sp³-hybridized carbons (Fsp3) is 0.393. The number of aromatic amines is 1. The van der Waals surface area contributed by atoms with Crippen molar-refractivity contribution in [3.63, 3.8) is 0 Å². The molecule has 2 heterocycles. The molecule has 39 heavy (non-hydrogen) atoms. The average molecular weight is 558 g/mol. The van der Waals surface area contributed by atoms with E-state index in [1.165, 1.54) is 28.5 Å². The molecule has 5 atom stereocenters. The summed E-state index contributed by atoms with van der Waals surface area (Å²) in [5, 5.41) is 37.5. The van der Waals surface area contributed by atoms with Crippen molar-refractivity contribution in [2.24, 2.45) is 5.92 Å². The number of hydrogen-bond acceptors (Lipinski definition) is 6. The minimum atomic E-state index is -2.27. The number of likely N-dealkylation sites (tertiary alicyclic amines) is 1. The van der Waals surface area contributed by atoms with E-state index in [1.54, 1.807) is 12.1 Å². The van der Waals surface area contributed by atoms with Crippen molar-refractivity contribution in [1.82, 2.24) is 15.2 Å². The van der Waals surface area contributed by atoms with E-state index >= 15 is 0 Å². The van der Waals surface area contributed by atoms with E-state index in [9.17, 15) is 14.4 Å². The SMILES string of the molecule is CN1C[C@H](CCNC(=O)c2ccccc2Cl)CC2c3cccc4[nH]cc(c34)C[C@H]21.O=C(O)[C@H](O)[C@@H](O)C(=O)O. The highest BCUT2D eigenvalue weighted by atomic mass is 35.5. The van der Waals surface area contributed by atoms with Crippen LogP contribution in [0.1, 0.15) is 40.2 Å². The molecule has 0 spiro atoms. The Morgan fingerprint density at radius 3 is 2.44 bits per heavy atom. The highest BCUT2D eigenvalue weighted by Crippen LogP contribution is 2.44. The second-order valence-corrected chi connectivity index (χ2v) is 10.5. The van der Waals surface area contributed by atoms with Crippen LogP contribution in [-0.2, 0) is 16.0 Å². The first-order valence-corrected chi connectivity index (χ1v) is 13.1. The van der Waals surface area contributed by atoms with Gasteiger partial charge in [-0.05, 0) is 61.6 Å². The van der Waals surface area contributed by atoms with E-state index < -0.39 is 24.1 Å². The van der Waals surface area contributed by atoms with Crippen LogP contribution in [-0.4, -0.2) is 86.5 Å². The van der Waals surface area contributed by atoms with Gasteiger partial charge in [0.05, 0.1) is 10.6 Å². The van der Waals surface area contributed by atoms with Crippen LogP contribution >= 0.6 is 11.6 Å². The van der Waals surface area contributed by atoms with Crippen molar-refractivity contribution in [3.8, 4) is 0 Å². The van der Waals surface area contributed by atoms with E-state index in [-0.39, 0.29) is 5.91 Å². The Morgan fingerprint density at radius 1 is 1.08 bits per heavy atom. The zero-order valence-corrected chi connectivity index (χ0v) is 22.1. The van der Waals surface area contributed by atoms with Gasteiger partial charge in [0.1, 0.15) is 0 Å². The van der Waals surface area contributed by atoms with Crippen LogP contribution in [0.15, 0.2) is 48.7 Å². The smallest absolute Gasteiger partial charge is 0.335 e. The van der Waals surface area contributed by atoms with Crippen LogP contribution in [0.2, 0.25) is 5.02 Å². The maximum absolute atomic E-state index is 12.4. The number of hydrogen-bond donors (Lipinski definition) is 6. The van der Waals surface area contributed by atoms with Crippen molar-refractivity contribution >= 4 is 40.3 Å². The van der Waals surface area contributed by atoms with Gasteiger partial charge in [0.2, 0.25) is 0 Å². The predicted molar refractivity (Wildman–Crippen MR) is 145 cm³/mol. The summed E-state index contributed by atoms with van der Waals surface area (Å²) < 4.78 is 0. The molecule has 1 aromatic heterocycles. The van der Waals surface area contributed by atoms with Gasteiger partial charge in [0, 0.05) is 42.1 Å². The lowest BCUT2D eigenvalue weighted by Crippen LogP contribution is -2.48. The van der Waals surface area contributed by atoms with Crippen molar-refractivity contribution in [2.75, 3.05) is 20.1 Å². The number of aliphatic hydroxyl groups excluding tert-OH is 2. The molecule has 0 saturated carbocycles. The normalized spacial score (nSPS) is 21.7. The molecule has 1 aliphatic carbocycles. The number of carbonyl (C=O) groups is 3. The van der Waals surface area contributed by atoms with Crippen LogP contribution in [0.25, 0.3) is 10.9 Å². The minimum absolute atomic E-state index is 0.0861. The van der Waals surface area contributed by atoms with Gasteiger partial charge in [-0.2, -0.15) is 0 Å². The highest BCUT2D eigenvalue weighted by molar-refractivity contribution is 6.33. The van der Waals surface area contributed by atoms with Gasteiger partial charge < -0.3 is 35.6 Å². The molecule has 1 aliphatic heterocycles. The van der Waals surface area contributed by atoms with Gasteiger partial charge in [-0.1, -0.05) is 35.9 Å². The fourth-order valence-corrected chi connectivity index (χ4v) is 5.89. The Bertz CT molecular complexity index is 1340. The molecule has 2 aliphatic rings. The number of piperidine rings is 1. The van der Waals surface area contributed by atoms with Gasteiger partial charge in [0.25, 0.3) is 5.91 Å². The summed E-state index contributed by atoms with van der Waals surface area (Å²) in [7, 11) is 2.25. The lowest BCUT2D eigenvalue weighted by Gasteiger charge is -2.45. The molecule has 208 valence electrons. The summed E-state index contributed by atoms with van der Waals surface area (Å²) in [6.07, 6.45) is 0.943. The van der Waals surface area contributed by atoms with Gasteiger partial charge in [0.15, 0.2) is 12.2 Å². The summed E-state index contributed by atoms with van der Waals surface area (Å²) in [6.45, 7) is 1.76. The fourth-order valence-electron chi connectivity index (χ4n) is 5.66. The van der Waals surface area contributed by atoms with Gasteiger partial charge in [-0.3, -0.25) is 4.79 Å². The zero-order chi connectivity index (χ0) is 28.3. The highest BCUT2D eigenvalue weighted by Gasteiger charge is 2.39. The van der Waals surface area contributed by atoms with E-state index in [1.807, 2.05) is 12.1 Å². The molecular weight excluding hydrogens is 526 g/mol. The number of aliphatic hydroxyl groups is 2. The van der Waals surface area contributed by atoms with Gasteiger partial charge in [-0.25, -0.2) is 9.59 Å². The average Bonchev–Trinajstić information content (AvgIpc) is 3.33. The molecule has 1 amide bonds. The van der Waals surface area contributed by atoms with Crippen LogP contribution in [0.5, 0.6) is 0 Å². The topological polar surface area (TPSA) is 163 Å². The maximum atomic E-state index is 12.4. The number of fused-ring (bicyclic) bond motifs is 2. The Labute approximate surface area is 230 Å². The van der Waals surface area contributed by atoms with Crippen LogP contribution in [0, 0.1) is 5.92 Å². The largest absolute Gasteiger partial charge is 0.479 e. The summed E-state index contributed by atoms with van der Waals surface area (Å²) in [4.78, 5) is 37.9. The minimum Gasteiger partial charge on any atom is -0.479 e. The molecule has 1 fully saturated rings. The second kappa shape index (κ2) is 12.2. The van der Waals surface area contributed by atoms with Gasteiger partial charge >= 0.3 is 11.9 Å². The first kappa shape index (κ1) is 28.6. The van der Waals surface area contributed by atoms with Crippen LogP contribution in [0.4, 0.5) is 0 Å². The number of H-pyrrole nitrogens is 1. The molecule has 0 bridgehead atoms. The lowest BCUT2D eigenvalue weighted by molar-refractivity contribution is -0.165. The Morgan fingerprint density at radius 2 is 1.77 bits per heavy atom. The van der Waals surface area contributed by atoms with Crippen LogP contribution < -0.4 is 5.32 Å². The monoisotopic (exact) mass is 557 g/mol. The first-order valence-electron chi connectivity index (χ1n) is 12.7. The number of halogens is 1. The molecule has 10 nitrogen and oxygen atoms in total. The number of carboxylic acids is 2. The molecule has 11 heteroatoms. The molecular formula is C28H32ClN3O7. The van der Waals surface area contributed by atoms with E-state index in [0.717, 1.165) is 19.4 Å². The van der Waals surface area contributed by atoms with Crippen molar-refractivity contribution in [1.29, 1.82) is 0 Å². The quantitative estimate of drug-likeness (QED) is 0.258. The van der Waals surface area contributed by atoms with Crippen LogP contribution in [0.3, 0.4) is 0 Å². The predicted octanol–water partition coefficient (Wildman–Crippen LogP) is 2.48. The number of aliphatic carboxylic acids is 2. The molecule has 2 aromatic carbocycles. The molecule has 6 N–H and O–H groups in total. The molecule has 5 rings (SSSR count). The third-order valence-electron chi connectivity index (χ3n) is 7.57. The molecule has 3 aromatic rings. The van der Waals surface area contributed by atoms with Crippen molar-refractivity contribution in [2.45, 2.75) is 43.4 Å². The number of nitrogens with one attached hydrogen (secondary N) is 2. The second-order valence-electron chi connectivity index (χ2n) is 10.1. The Hall–Kier alpha value is -3.44. The summed E-state index contributed by atoms with van der Waals surface area (Å²) >= 11 is 6.14. The van der Waals surface area contributed by atoms with Crippen molar-refractivity contribution < 1.29 is 34.8 Å².